The maximum atomic E-state index is 12.6. The van der Waals surface area contributed by atoms with Crippen molar-refractivity contribution in [3.8, 4) is 0 Å². The van der Waals surface area contributed by atoms with Gasteiger partial charge in [0, 0.05) is 43.4 Å². The minimum atomic E-state index is -0.850. The second kappa shape index (κ2) is 7.28. The van der Waals surface area contributed by atoms with E-state index >= 15 is 0 Å². The van der Waals surface area contributed by atoms with Crippen molar-refractivity contribution >= 4 is 28.8 Å². The van der Waals surface area contributed by atoms with E-state index in [1.165, 1.54) is 0 Å². The van der Waals surface area contributed by atoms with Gasteiger partial charge in [0.1, 0.15) is 19.1 Å². The van der Waals surface area contributed by atoms with Gasteiger partial charge in [-0.25, -0.2) is 0 Å². The molecule has 3 rings (SSSR count). The van der Waals surface area contributed by atoms with E-state index in [0.29, 0.717) is 31.9 Å². The lowest BCUT2D eigenvalue weighted by Gasteiger charge is -2.41. The highest BCUT2D eigenvalue weighted by Crippen LogP contribution is 2.22. The van der Waals surface area contributed by atoms with Crippen LogP contribution in [0.3, 0.4) is 0 Å². The van der Waals surface area contributed by atoms with Gasteiger partial charge in [-0.3, -0.25) is 14.4 Å². The summed E-state index contributed by atoms with van der Waals surface area (Å²) in [5.41, 5.74) is 7.59. The van der Waals surface area contributed by atoms with Gasteiger partial charge in [-0.15, -0.1) is 0 Å². The number of carbonyl (C=O) groups is 2. The van der Waals surface area contributed by atoms with E-state index in [1.54, 1.807) is 23.4 Å². The van der Waals surface area contributed by atoms with Gasteiger partial charge in [0.2, 0.25) is 5.91 Å². The highest BCUT2D eigenvalue weighted by molar-refractivity contribution is 5.84. The maximum Gasteiger partial charge on any atom is 0.244 e. The van der Waals surface area contributed by atoms with Crippen molar-refractivity contribution < 1.29 is 14.7 Å². The van der Waals surface area contributed by atoms with E-state index in [-0.39, 0.29) is 12.5 Å². The van der Waals surface area contributed by atoms with Gasteiger partial charge < -0.3 is 20.5 Å². The van der Waals surface area contributed by atoms with Crippen LogP contribution in [0.1, 0.15) is 19.4 Å². The van der Waals surface area contributed by atoms with Gasteiger partial charge in [-0.05, 0) is 38.5 Å². The quantitative estimate of drug-likeness (QED) is 0.588. The van der Waals surface area contributed by atoms with Crippen molar-refractivity contribution in [2.75, 3.05) is 31.9 Å². The van der Waals surface area contributed by atoms with Gasteiger partial charge in [0.25, 0.3) is 0 Å². The molecule has 2 aromatic rings. The fourth-order valence-corrected chi connectivity index (χ4v) is 3.31. The van der Waals surface area contributed by atoms with Crippen LogP contribution >= 0.6 is 0 Å². The van der Waals surface area contributed by atoms with Crippen molar-refractivity contribution in [3.63, 3.8) is 0 Å². The Labute approximate surface area is 158 Å². The molecule has 146 valence electrons. The summed E-state index contributed by atoms with van der Waals surface area (Å²) in [4.78, 5) is 27.4. The van der Waals surface area contributed by atoms with E-state index < -0.39 is 11.6 Å². The van der Waals surface area contributed by atoms with Crippen LogP contribution in [-0.2, 0) is 16.1 Å². The lowest BCUT2D eigenvalue weighted by molar-refractivity contribution is -0.143. The minimum Gasteiger partial charge on any atom is -0.398 e. The van der Waals surface area contributed by atoms with Gasteiger partial charge in [-0.2, -0.15) is 5.10 Å². The number of fused-ring (bicyclic) bond motifs is 1. The SMILES string of the molecule is Cc1cc2nn(CC(=O)N3CCN(C(O)C(C)(C)C=O)CC3)cc2cc1N. The number of hydrogen-bond donors (Lipinski definition) is 2. The third-order valence-corrected chi connectivity index (χ3v) is 5.22. The number of anilines is 1. The normalized spacial score (nSPS) is 17.3. The molecular formula is C19H27N5O3. The van der Waals surface area contributed by atoms with E-state index in [9.17, 15) is 14.7 Å². The lowest BCUT2D eigenvalue weighted by Crippen LogP contribution is -2.56. The van der Waals surface area contributed by atoms with Crippen LogP contribution in [0.5, 0.6) is 0 Å². The molecule has 1 fully saturated rings. The van der Waals surface area contributed by atoms with Gasteiger partial charge in [-0.1, -0.05) is 0 Å². The zero-order chi connectivity index (χ0) is 19.8. The molecule has 0 saturated carbocycles. The molecule has 8 nitrogen and oxygen atoms in total. The first-order valence-corrected chi connectivity index (χ1v) is 9.11. The van der Waals surface area contributed by atoms with E-state index in [2.05, 4.69) is 5.10 Å². The summed E-state index contributed by atoms with van der Waals surface area (Å²) < 4.78 is 1.64. The molecule has 3 N–H and O–H groups in total. The molecule has 27 heavy (non-hydrogen) atoms. The largest absolute Gasteiger partial charge is 0.398 e. The molecule has 8 heteroatoms. The van der Waals surface area contributed by atoms with Crippen LogP contribution < -0.4 is 5.73 Å². The fourth-order valence-electron chi connectivity index (χ4n) is 3.31. The molecule has 1 amide bonds. The van der Waals surface area contributed by atoms with Crippen LogP contribution in [0.15, 0.2) is 18.3 Å². The number of hydrogen-bond acceptors (Lipinski definition) is 6. The number of nitrogens with two attached hydrogens (primary N) is 1. The highest BCUT2D eigenvalue weighted by Gasteiger charge is 2.34. The monoisotopic (exact) mass is 373 g/mol. The Kier molecular flexibility index (Phi) is 5.21. The molecule has 1 saturated heterocycles. The smallest absolute Gasteiger partial charge is 0.244 e. The zero-order valence-electron chi connectivity index (χ0n) is 16.1. The molecule has 0 radical (unpaired) electrons. The Morgan fingerprint density at radius 1 is 1.33 bits per heavy atom. The van der Waals surface area contributed by atoms with Crippen LogP contribution in [0, 0.1) is 12.3 Å². The molecule has 1 aliphatic rings. The Balaban J connectivity index is 1.61. The number of piperazine rings is 1. The number of benzene rings is 1. The number of amides is 1. The summed E-state index contributed by atoms with van der Waals surface area (Å²) in [6, 6.07) is 3.79. The van der Waals surface area contributed by atoms with Crippen LogP contribution in [0.25, 0.3) is 10.9 Å². The van der Waals surface area contributed by atoms with Crippen LogP contribution in [0.2, 0.25) is 0 Å². The number of nitrogen functional groups attached to an aromatic ring is 1. The average molecular weight is 373 g/mol. The summed E-state index contributed by atoms with van der Waals surface area (Å²) >= 11 is 0. The third kappa shape index (κ3) is 3.96. The Bertz CT molecular complexity index is 813. The highest BCUT2D eigenvalue weighted by atomic mass is 16.3. The summed E-state index contributed by atoms with van der Waals surface area (Å²) in [6.45, 7) is 7.59. The molecule has 2 heterocycles. The number of aldehydes is 1. The predicted octanol–water partition coefficient (Wildman–Crippen LogP) is 0.615. The maximum absolute atomic E-state index is 12.6. The Hall–Kier alpha value is -2.45. The lowest BCUT2D eigenvalue weighted by atomic mass is 9.92. The molecule has 1 aliphatic heterocycles. The number of rotatable bonds is 5. The number of carbonyl (C=O) groups excluding carboxylic acids is 2. The number of aromatic nitrogens is 2. The summed E-state index contributed by atoms with van der Waals surface area (Å²) in [5, 5.41) is 15.7. The molecule has 1 unspecified atom stereocenters. The first-order chi connectivity index (χ1) is 12.7. The van der Waals surface area contributed by atoms with Crippen LogP contribution in [0.4, 0.5) is 5.69 Å². The standard InChI is InChI=1S/C19H27N5O3/c1-13-8-16-14(9-15(13)20)10-24(21-16)11-17(26)22-4-6-23(7-5-22)18(27)19(2,3)12-25/h8-10,12,18,27H,4-7,11,20H2,1-3H3. The first kappa shape index (κ1) is 19.3. The summed E-state index contributed by atoms with van der Waals surface area (Å²) in [7, 11) is 0. The Morgan fingerprint density at radius 2 is 2.00 bits per heavy atom. The second-order valence-corrected chi connectivity index (χ2v) is 7.82. The molecule has 0 aliphatic carbocycles. The minimum absolute atomic E-state index is 0.0173. The van der Waals surface area contributed by atoms with Crippen LogP contribution in [-0.4, -0.2) is 69.3 Å². The number of aliphatic hydroxyl groups excluding tert-OH is 1. The van der Waals surface area contributed by atoms with Crippen molar-refractivity contribution in [1.82, 2.24) is 19.6 Å². The molecule has 0 bridgehead atoms. The molecular weight excluding hydrogens is 346 g/mol. The van der Waals surface area contributed by atoms with E-state index in [1.807, 2.05) is 30.2 Å². The number of nitrogens with zero attached hydrogens (tertiary/aromatic N) is 4. The number of aryl methyl sites for hydroxylation is 1. The van der Waals surface area contributed by atoms with Crippen molar-refractivity contribution in [2.24, 2.45) is 5.41 Å². The van der Waals surface area contributed by atoms with Gasteiger partial charge >= 0.3 is 0 Å². The van der Waals surface area contributed by atoms with Crippen molar-refractivity contribution in [1.29, 1.82) is 0 Å². The third-order valence-electron chi connectivity index (χ3n) is 5.22. The zero-order valence-corrected chi connectivity index (χ0v) is 16.1. The van der Waals surface area contributed by atoms with Crippen molar-refractivity contribution in [3.05, 3.63) is 23.9 Å². The van der Waals surface area contributed by atoms with Gasteiger partial charge in [0.15, 0.2) is 0 Å². The second-order valence-electron chi connectivity index (χ2n) is 7.82. The van der Waals surface area contributed by atoms with Gasteiger partial charge in [0.05, 0.1) is 10.9 Å². The molecule has 0 spiro atoms. The fraction of sp³-hybridized carbons (Fsp3) is 0.526. The molecule has 1 atom stereocenters. The first-order valence-electron chi connectivity index (χ1n) is 9.11. The summed E-state index contributed by atoms with van der Waals surface area (Å²) in [5.74, 6) is -0.0173. The molecule has 1 aromatic heterocycles. The topological polar surface area (TPSA) is 105 Å². The predicted molar refractivity (Wildman–Crippen MR) is 103 cm³/mol. The van der Waals surface area contributed by atoms with Crippen molar-refractivity contribution in [2.45, 2.75) is 33.5 Å². The average Bonchev–Trinajstić information content (AvgIpc) is 3.02. The Morgan fingerprint density at radius 3 is 2.63 bits per heavy atom. The van der Waals surface area contributed by atoms with E-state index in [4.69, 9.17) is 5.73 Å². The molecule has 1 aromatic carbocycles. The van der Waals surface area contributed by atoms with E-state index in [0.717, 1.165) is 22.8 Å². The number of aliphatic hydroxyl groups is 1. The summed E-state index contributed by atoms with van der Waals surface area (Å²) in [6.07, 6.45) is 1.75.